The number of hydrogen-bond donors (Lipinski definition) is 1. The van der Waals surface area contributed by atoms with Crippen molar-refractivity contribution in [3.63, 3.8) is 0 Å². The van der Waals surface area contributed by atoms with Crippen LogP contribution in [0.15, 0.2) is 78.9 Å². The third-order valence-corrected chi connectivity index (χ3v) is 7.49. The zero-order chi connectivity index (χ0) is 28.4. The van der Waals surface area contributed by atoms with E-state index >= 15 is 0 Å². The Morgan fingerprint density at radius 3 is 2.26 bits per heavy atom. The van der Waals surface area contributed by atoms with E-state index in [4.69, 9.17) is 0 Å². The lowest BCUT2D eigenvalue weighted by Crippen LogP contribution is -2.53. The van der Waals surface area contributed by atoms with Gasteiger partial charge in [0.15, 0.2) is 0 Å². The van der Waals surface area contributed by atoms with Gasteiger partial charge in [0.1, 0.15) is 18.4 Å². The second-order valence-electron chi connectivity index (χ2n) is 9.61. The van der Waals surface area contributed by atoms with E-state index in [0.717, 1.165) is 46.2 Å². The summed E-state index contributed by atoms with van der Waals surface area (Å²) in [4.78, 5) is 28.9. The van der Waals surface area contributed by atoms with Gasteiger partial charge in [-0.3, -0.25) is 13.9 Å². The maximum absolute atomic E-state index is 14.0. The third-order valence-electron chi connectivity index (χ3n) is 6.35. The van der Waals surface area contributed by atoms with Crippen molar-refractivity contribution in [2.75, 3.05) is 23.7 Å². The van der Waals surface area contributed by atoms with E-state index < -0.39 is 34.3 Å². The average Bonchev–Trinajstić information content (AvgIpc) is 2.90. The number of aryl methyl sites for hydroxylation is 1. The Morgan fingerprint density at radius 1 is 0.949 bits per heavy atom. The van der Waals surface area contributed by atoms with Gasteiger partial charge in [-0.25, -0.2) is 12.8 Å². The van der Waals surface area contributed by atoms with Crippen LogP contribution in [0.2, 0.25) is 0 Å². The van der Waals surface area contributed by atoms with E-state index in [9.17, 15) is 22.4 Å². The molecule has 0 saturated carbocycles. The van der Waals surface area contributed by atoms with Crippen molar-refractivity contribution in [2.45, 2.75) is 45.7 Å². The topological polar surface area (TPSA) is 86.8 Å². The SMILES string of the molecule is CCCCNC(=O)C(Cc1ccccc1)N(Cc1ccc(C)cc1)C(=O)CN(c1cccc(F)c1)S(C)(=O)=O. The highest BCUT2D eigenvalue weighted by molar-refractivity contribution is 7.92. The second kappa shape index (κ2) is 13.9. The minimum absolute atomic E-state index is 0.0353. The second-order valence-corrected chi connectivity index (χ2v) is 11.5. The number of carbonyl (C=O) groups is 2. The predicted molar refractivity (Wildman–Crippen MR) is 152 cm³/mol. The summed E-state index contributed by atoms with van der Waals surface area (Å²) in [6.45, 7) is 3.95. The zero-order valence-corrected chi connectivity index (χ0v) is 23.5. The molecule has 9 heteroatoms. The van der Waals surface area contributed by atoms with Crippen LogP contribution < -0.4 is 9.62 Å². The van der Waals surface area contributed by atoms with Crippen LogP contribution in [0.1, 0.15) is 36.5 Å². The lowest BCUT2D eigenvalue weighted by atomic mass is 10.0. The van der Waals surface area contributed by atoms with E-state index in [0.29, 0.717) is 6.54 Å². The van der Waals surface area contributed by atoms with E-state index in [2.05, 4.69) is 5.32 Å². The summed E-state index contributed by atoms with van der Waals surface area (Å²) in [7, 11) is -3.95. The van der Waals surface area contributed by atoms with Gasteiger partial charge in [0, 0.05) is 19.5 Å². The molecule has 3 aromatic carbocycles. The minimum Gasteiger partial charge on any atom is -0.354 e. The number of benzene rings is 3. The molecule has 0 bridgehead atoms. The first-order valence-corrected chi connectivity index (χ1v) is 14.8. The molecule has 0 aliphatic rings. The lowest BCUT2D eigenvalue weighted by molar-refractivity contribution is -0.140. The zero-order valence-electron chi connectivity index (χ0n) is 22.6. The number of amides is 2. The Bertz CT molecular complexity index is 1350. The molecule has 0 aromatic heterocycles. The number of carbonyl (C=O) groups excluding carboxylic acids is 2. The van der Waals surface area contributed by atoms with Crippen LogP contribution in [0.3, 0.4) is 0 Å². The molecule has 1 atom stereocenters. The fourth-order valence-electron chi connectivity index (χ4n) is 4.20. The molecule has 0 heterocycles. The highest BCUT2D eigenvalue weighted by Crippen LogP contribution is 2.21. The molecular weight excluding hydrogens is 517 g/mol. The largest absolute Gasteiger partial charge is 0.354 e. The van der Waals surface area contributed by atoms with Crippen LogP contribution >= 0.6 is 0 Å². The Labute approximate surface area is 230 Å². The highest BCUT2D eigenvalue weighted by Gasteiger charge is 2.33. The lowest BCUT2D eigenvalue weighted by Gasteiger charge is -2.33. The van der Waals surface area contributed by atoms with Crippen molar-refractivity contribution in [1.29, 1.82) is 0 Å². The molecular formula is C30H36FN3O4S. The molecule has 0 aliphatic carbocycles. The van der Waals surface area contributed by atoms with Crippen LogP contribution in [0, 0.1) is 12.7 Å². The number of sulfonamides is 1. The molecule has 0 aliphatic heterocycles. The van der Waals surface area contributed by atoms with E-state index in [1.807, 2.05) is 68.4 Å². The summed E-state index contributed by atoms with van der Waals surface area (Å²) in [6, 6.07) is 21.2. The third kappa shape index (κ3) is 8.92. The fraction of sp³-hybridized carbons (Fsp3) is 0.333. The monoisotopic (exact) mass is 553 g/mol. The molecule has 2 amide bonds. The Kier molecular flexibility index (Phi) is 10.6. The van der Waals surface area contributed by atoms with Gasteiger partial charge in [-0.1, -0.05) is 79.6 Å². The first-order valence-electron chi connectivity index (χ1n) is 13.0. The highest BCUT2D eigenvalue weighted by atomic mass is 32.2. The quantitative estimate of drug-likeness (QED) is 0.317. The maximum Gasteiger partial charge on any atom is 0.244 e. The van der Waals surface area contributed by atoms with Crippen LogP contribution in [0.4, 0.5) is 10.1 Å². The van der Waals surface area contributed by atoms with Crippen LogP contribution in [-0.2, 0) is 32.6 Å². The Hall–Kier alpha value is -3.72. The summed E-state index contributed by atoms with van der Waals surface area (Å²) < 4.78 is 40.3. The number of rotatable bonds is 13. The van der Waals surface area contributed by atoms with Crippen molar-refractivity contribution in [2.24, 2.45) is 0 Å². The average molecular weight is 554 g/mol. The van der Waals surface area contributed by atoms with Gasteiger partial charge in [0.2, 0.25) is 21.8 Å². The molecule has 0 fully saturated rings. The van der Waals surface area contributed by atoms with Gasteiger partial charge in [0.25, 0.3) is 0 Å². The summed E-state index contributed by atoms with van der Waals surface area (Å²) in [5.41, 5.74) is 2.74. The molecule has 1 unspecified atom stereocenters. The number of halogens is 1. The molecule has 0 radical (unpaired) electrons. The first-order chi connectivity index (χ1) is 18.6. The summed E-state index contributed by atoms with van der Waals surface area (Å²) in [5, 5.41) is 2.94. The predicted octanol–water partition coefficient (Wildman–Crippen LogP) is 4.46. The first kappa shape index (κ1) is 29.8. The number of anilines is 1. The van der Waals surface area contributed by atoms with Gasteiger partial charge in [0.05, 0.1) is 11.9 Å². The van der Waals surface area contributed by atoms with E-state index in [1.54, 1.807) is 0 Å². The van der Waals surface area contributed by atoms with Gasteiger partial charge in [-0.15, -0.1) is 0 Å². The van der Waals surface area contributed by atoms with E-state index in [1.165, 1.54) is 23.1 Å². The van der Waals surface area contributed by atoms with Crippen molar-refractivity contribution < 1.29 is 22.4 Å². The summed E-state index contributed by atoms with van der Waals surface area (Å²) in [6.07, 6.45) is 2.90. The molecule has 1 N–H and O–H groups in total. The van der Waals surface area contributed by atoms with Gasteiger partial charge >= 0.3 is 0 Å². The van der Waals surface area contributed by atoms with Gasteiger partial charge < -0.3 is 10.2 Å². The van der Waals surface area contributed by atoms with Crippen LogP contribution in [-0.4, -0.2) is 50.5 Å². The van der Waals surface area contributed by atoms with Crippen molar-refractivity contribution >= 4 is 27.5 Å². The van der Waals surface area contributed by atoms with E-state index in [-0.39, 0.29) is 24.6 Å². The van der Waals surface area contributed by atoms with Crippen molar-refractivity contribution in [3.05, 3.63) is 101 Å². The molecule has 0 spiro atoms. The number of hydrogen-bond acceptors (Lipinski definition) is 4. The number of unbranched alkanes of at least 4 members (excludes halogenated alkanes) is 1. The number of nitrogens with one attached hydrogen (secondary N) is 1. The number of nitrogens with zero attached hydrogens (tertiary/aromatic N) is 2. The molecule has 208 valence electrons. The minimum atomic E-state index is -3.95. The Morgan fingerprint density at radius 2 is 1.64 bits per heavy atom. The fourth-order valence-corrected chi connectivity index (χ4v) is 5.04. The smallest absolute Gasteiger partial charge is 0.244 e. The maximum atomic E-state index is 14.0. The standard InChI is InChI=1S/C30H36FN3O4S/c1-4-5-18-32-30(36)28(19-24-10-7-6-8-11-24)33(21-25-16-14-23(2)15-17-25)29(35)22-34(39(3,37)38)27-13-9-12-26(31)20-27/h6-17,20,28H,4-5,18-19,21-22H2,1-3H3,(H,32,36). The van der Waals surface area contributed by atoms with Gasteiger partial charge in [-0.2, -0.15) is 0 Å². The molecule has 39 heavy (non-hydrogen) atoms. The van der Waals surface area contributed by atoms with Gasteiger partial charge in [-0.05, 0) is 42.7 Å². The molecule has 0 saturated heterocycles. The van der Waals surface area contributed by atoms with Crippen molar-refractivity contribution in [3.8, 4) is 0 Å². The Balaban J connectivity index is 2.02. The molecule has 7 nitrogen and oxygen atoms in total. The summed E-state index contributed by atoms with van der Waals surface area (Å²) in [5.74, 6) is -1.51. The molecule has 3 aromatic rings. The van der Waals surface area contributed by atoms with Crippen LogP contribution in [0.25, 0.3) is 0 Å². The van der Waals surface area contributed by atoms with Crippen molar-refractivity contribution in [1.82, 2.24) is 10.2 Å². The van der Waals surface area contributed by atoms with Crippen LogP contribution in [0.5, 0.6) is 0 Å². The molecule has 3 rings (SSSR count). The normalized spacial score (nSPS) is 12.0. The summed E-state index contributed by atoms with van der Waals surface area (Å²) >= 11 is 0.